The van der Waals surface area contributed by atoms with E-state index < -0.39 is 11.7 Å². The molecule has 0 atom stereocenters. The molecule has 0 saturated heterocycles. The lowest BCUT2D eigenvalue weighted by atomic mass is 9.99. The van der Waals surface area contributed by atoms with Crippen molar-refractivity contribution in [1.82, 2.24) is 0 Å². The van der Waals surface area contributed by atoms with Gasteiger partial charge in [0.25, 0.3) is 0 Å². The number of ether oxygens (including phenoxy) is 1. The Labute approximate surface area is 96.2 Å². The fourth-order valence-corrected chi connectivity index (χ4v) is 1.65. The van der Waals surface area contributed by atoms with Crippen LogP contribution >= 0.6 is 0 Å². The third kappa shape index (κ3) is 2.67. The van der Waals surface area contributed by atoms with E-state index >= 15 is 0 Å². The zero-order valence-corrected chi connectivity index (χ0v) is 8.84. The molecule has 1 aliphatic heterocycles. The van der Waals surface area contributed by atoms with Gasteiger partial charge in [-0.05, 0) is 29.3 Å². The summed E-state index contributed by atoms with van der Waals surface area (Å²) in [5.74, 6) is 0.0833. The predicted octanol–water partition coefficient (Wildman–Crippen LogP) is 3.49. The summed E-state index contributed by atoms with van der Waals surface area (Å²) in [6, 6.07) is 5.12. The second kappa shape index (κ2) is 4.24. The lowest BCUT2D eigenvalue weighted by molar-refractivity contribution is -0.137. The van der Waals surface area contributed by atoms with Crippen LogP contribution in [-0.2, 0) is 10.9 Å². The minimum Gasteiger partial charge on any atom is -0.477 e. The van der Waals surface area contributed by atoms with Crippen LogP contribution in [0.15, 0.2) is 30.3 Å². The van der Waals surface area contributed by atoms with Crippen LogP contribution in [-0.4, -0.2) is 12.5 Å². The highest BCUT2D eigenvalue weighted by molar-refractivity contribution is 5.88. The van der Waals surface area contributed by atoms with E-state index in [1.165, 1.54) is 6.07 Å². The van der Waals surface area contributed by atoms with Crippen molar-refractivity contribution >= 4 is 11.5 Å². The van der Waals surface area contributed by atoms with E-state index in [1.807, 2.05) is 0 Å². The monoisotopic (exact) mass is 241 g/mol. The Balaban J connectivity index is 2.34. The van der Waals surface area contributed by atoms with E-state index in [0.29, 0.717) is 11.1 Å². The van der Waals surface area contributed by atoms with Gasteiger partial charge in [-0.2, -0.15) is 13.2 Å². The third-order valence-electron chi connectivity index (χ3n) is 2.50. The molecule has 2 rings (SSSR count). The first-order chi connectivity index (χ1) is 7.97. The molecule has 1 aliphatic rings. The molecule has 0 aromatic heterocycles. The Kier molecular flexibility index (Phi) is 2.92. The highest BCUT2D eigenvalue weighted by Gasteiger charge is 2.30. The zero-order chi connectivity index (χ0) is 12.5. The predicted molar refractivity (Wildman–Crippen MR) is 57.7 cm³/mol. The van der Waals surface area contributed by atoms with Gasteiger partial charge in [-0.15, -0.1) is 0 Å². The smallest absolute Gasteiger partial charge is 0.416 e. The van der Waals surface area contributed by atoms with Crippen LogP contribution in [0.3, 0.4) is 0 Å². The molecule has 0 saturated carbocycles. The Morgan fingerprint density at radius 2 is 2.00 bits per heavy atom. The van der Waals surface area contributed by atoms with E-state index in [1.54, 1.807) is 12.1 Å². The molecule has 0 spiro atoms. The molecule has 5 heteroatoms. The third-order valence-corrected chi connectivity index (χ3v) is 2.50. The highest BCUT2D eigenvalue weighted by atomic mass is 19.4. The molecule has 1 heterocycles. The van der Waals surface area contributed by atoms with Gasteiger partial charge >= 0.3 is 6.18 Å². The number of hydrogen-bond donors (Lipinski definition) is 1. The Morgan fingerprint density at radius 1 is 1.24 bits per heavy atom. The lowest BCUT2D eigenvalue weighted by Crippen LogP contribution is -2.11. The fourth-order valence-electron chi connectivity index (χ4n) is 1.65. The molecule has 90 valence electrons. The summed E-state index contributed by atoms with van der Waals surface area (Å²) >= 11 is 0. The summed E-state index contributed by atoms with van der Waals surface area (Å²) in [4.78, 5) is 0. The van der Waals surface area contributed by atoms with E-state index in [9.17, 15) is 13.2 Å². The van der Waals surface area contributed by atoms with E-state index in [0.717, 1.165) is 12.1 Å². The van der Waals surface area contributed by atoms with Crippen LogP contribution in [0.1, 0.15) is 17.5 Å². The van der Waals surface area contributed by atoms with Gasteiger partial charge in [0.05, 0.1) is 5.56 Å². The molecule has 17 heavy (non-hydrogen) atoms. The van der Waals surface area contributed by atoms with Gasteiger partial charge in [0.2, 0.25) is 0 Å². The highest BCUT2D eigenvalue weighted by Crippen LogP contribution is 2.32. The van der Waals surface area contributed by atoms with Crippen molar-refractivity contribution in [1.29, 1.82) is 5.41 Å². The fraction of sp³-hybridized carbons (Fsp3) is 0.250. The molecule has 0 unspecified atom stereocenters. The molecule has 1 aromatic rings. The van der Waals surface area contributed by atoms with Crippen molar-refractivity contribution in [3.05, 3.63) is 41.5 Å². The SMILES string of the molecule is N=C1CC(c2cccc(C(F)(F)F)c2)=CCO1. The quantitative estimate of drug-likeness (QED) is 0.802. The number of nitrogens with one attached hydrogen (secondary N) is 1. The van der Waals surface area contributed by atoms with Gasteiger partial charge in [-0.25, -0.2) is 0 Å². The first-order valence-corrected chi connectivity index (χ1v) is 5.04. The number of alkyl halides is 3. The summed E-state index contributed by atoms with van der Waals surface area (Å²) in [7, 11) is 0. The largest absolute Gasteiger partial charge is 0.477 e. The molecular weight excluding hydrogens is 231 g/mol. The Hall–Kier alpha value is -1.78. The molecule has 2 nitrogen and oxygen atoms in total. The number of hydrogen-bond acceptors (Lipinski definition) is 2. The molecule has 1 N–H and O–H groups in total. The molecule has 0 bridgehead atoms. The van der Waals surface area contributed by atoms with Crippen LogP contribution < -0.4 is 0 Å². The summed E-state index contributed by atoms with van der Waals surface area (Å²) < 4.78 is 42.5. The van der Waals surface area contributed by atoms with Crippen LogP contribution in [0.4, 0.5) is 13.2 Å². The van der Waals surface area contributed by atoms with Gasteiger partial charge < -0.3 is 4.74 Å². The van der Waals surface area contributed by atoms with E-state index in [-0.39, 0.29) is 18.9 Å². The average molecular weight is 241 g/mol. The van der Waals surface area contributed by atoms with Gasteiger partial charge in [0, 0.05) is 6.42 Å². The van der Waals surface area contributed by atoms with E-state index in [2.05, 4.69) is 0 Å². The summed E-state index contributed by atoms with van der Waals surface area (Å²) in [5, 5.41) is 7.36. The van der Waals surface area contributed by atoms with E-state index in [4.69, 9.17) is 10.1 Å². The molecule has 1 aromatic carbocycles. The van der Waals surface area contributed by atoms with Gasteiger partial charge in [-0.1, -0.05) is 12.1 Å². The molecule has 0 fully saturated rings. The van der Waals surface area contributed by atoms with Crippen molar-refractivity contribution < 1.29 is 17.9 Å². The molecule has 0 amide bonds. The minimum absolute atomic E-state index is 0.0833. The van der Waals surface area contributed by atoms with Gasteiger partial charge in [0.15, 0.2) is 5.90 Å². The second-order valence-electron chi connectivity index (χ2n) is 3.72. The lowest BCUT2D eigenvalue weighted by Gasteiger charge is -2.16. The Morgan fingerprint density at radius 3 is 2.65 bits per heavy atom. The van der Waals surface area contributed by atoms with Crippen molar-refractivity contribution in [2.45, 2.75) is 12.6 Å². The van der Waals surface area contributed by atoms with Crippen LogP contribution in [0.2, 0.25) is 0 Å². The van der Waals surface area contributed by atoms with Gasteiger partial charge in [-0.3, -0.25) is 5.41 Å². The standard InChI is InChI=1S/C12H10F3NO/c13-12(14,15)10-3-1-2-8(6-10)9-4-5-17-11(16)7-9/h1-4,6,16H,5,7H2. The van der Waals surface area contributed by atoms with Crippen LogP contribution in [0.5, 0.6) is 0 Å². The Bertz CT molecular complexity index is 477. The number of benzene rings is 1. The van der Waals surface area contributed by atoms with Crippen molar-refractivity contribution in [2.75, 3.05) is 6.61 Å². The second-order valence-corrected chi connectivity index (χ2v) is 3.72. The van der Waals surface area contributed by atoms with Crippen molar-refractivity contribution in [3.63, 3.8) is 0 Å². The molecule has 0 radical (unpaired) electrons. The summed E-state index contributed by atoms with van der Waals surface area (Å²) in [5.41, 5.74) is 0.522. The van der Waals surface area contributed by atoms with Crippen LogP contribution in [0.25, 0.3) is 5.57 Å². The van der Waals surface area contributed by atoms with Gasteiger partial charge in [0.1, 0.15) is 6.61 Å². The first kappa shape index (κ1) is 11.7. The maximum Gasteiger partial charge on any atom is 0.416 e. The maximum absolute atomic E-state index is 12.5. The van der Waals surface area contributed by atoms with Crippen LogP contribution in [0, 0.1) is 5.41 Å². The summed E-state index contributed by atoms with van der Waals surface area (Å²) in [6.07, 6.45) is -2.40. The van der Waals surface area contributed by atoms with Crippen molar-refractivity contribution in [2.24, 2.45) is 0 Å². The topological polar surface area (TPSA) is 33.1 Å². The number of rotatable bonds is 1. The number of halogens is 3. The summed E-state index contributed by atoms with van der Waals surface area (Å²) in [6.45, 7) is 0.240. The van der Waals surface area contributed by atoms with Crippen molar-refractivity contribution in [3.8, 4) is 0 Å². The maximum atomic E-state index is 12.5. The molecular formula is C12H10F3NO. The minimum atomic E-state index is -4.34. The first-order valence-electron chi connectivity index (χ1n) is 5.04. The zero-order valence-electron chi connectivity index (χ0n) is 8.84. The molecule has 0 aliphatic carbocycles. The normalized spacial score (nSPS) is 16.4. The average Bonchev–Trinajstić information content (AvgIpc) is 2.28.